The lowest BCUT2D eigenvalue weighted by Crippen LogP contribution is -2.13. The monoisotopic (exact) mass is 310 g/mol. The maximum absolute atomic E-state index is 5.61. The van der Waals surface area contributed by atoms with Crippen LogP contribution in [-0.4, -0.2) is 10.1 Å². The Bertz CT molecular complexity index is 532. The third kappa shape index (κ3) is 3.10. The van der Waals surface area contributed by atoms with Crippen molar-refractivity contribution >= 4 is 15.9 Å². The average molecular weight is 311 g/mol. The number of hydrogen-bond donors (Lipinski definition) is 0. The van der Waals surface area contributed by atoms with E-state index in [9.17, 15) is 0 Å². The van der Waals surface area contributed by atoms with Crippen LogP contribution in [0, 0.1) is 0 Å². The number of rotatable bonds is 3. The highest BCUT2D eigenvalue weighted by Crippen LogP contribution is 2.25. The zero-order chi connectivity index (χ0) is 13.2. The molecule has 0 spiro atoms. The van der Waals surface area contributed by atoms with Gasteiger partial charge < -0.3 is 9.26 Å². The molecule has 1 aromatic carbocycles. The molecular formula is C13H15BrN2O2. The van der Waals surface area contributed by atoms with Crippen LogP contribution >= 0.6 is 15.9 Å². The lowest BCUT2D eigenvalue weighted by Gasteiger charge is -2.10. The number of ether oxygens (including phenoxy) is 1. The van der Waals surface area contributed by atoms with Crippen molar-refractivity contribution in [2.45, 2.75) is 32.8 Å². The molecule has 0 aliphatic rings. The molecule has 0 aliphatic carbocycles. The highest BCUT2D eigenvalue weighted by Gasteiger charge is 2.21. The van der Waals surface area contributed by atoms with E-state index in [0.29, 0.717) is 11.7 Å². The molecule has 1 aromatic heterocycles. The maximum atomic E-state index is 5.61. The Morgan fingerprint density at radius 1 is 1.28 bits per heavy atom. The van der Waals surface area contributed by atoms with Crippen LogP contribution in [0.2, 0.25) is 0 Å². The molecule has 0 saturated heterocycles. The molecule has 96 valence electrons. The largest absolute Gasteiger partial charge is 0.483 e. The quantitative estimate of drug-likeness (QED) is 0.867. The number of benzene rings is 1. The highest BCUT2D eigenvalue weighted by molar-refractivity contribution is 9.10. The van der Waals surface area contributed by atoms with Crippen LogP contribution < -0.4 is 4.74 Å². The summed E-state index contributed by atoms with van der Waals surface area (Å²) in [5.74, 6) is 1.93. The molecule has 18 heavy (non-hydrogen) atoms. The van der Waals surface area contributed by atoms with Gasteiger partial charge in [-0.1, -0.05) is 38.1 Å². The van der Waals surface area contributed by atoms with Crippen molar-refractivity contribution in [3.8, 4) is 5.75 Å². The standard InChI is InChI=1S/C13H15BrN2O2/c1-13(2,3)12-15-11(18-16-12)8-17-10-7-5-4-6-9(10)14/h4-7H,8H2,1-3H3. The molecule has 0 unspecified atom stereocenters. The Balaban J connectivity index is 2.03. The van der Waals surface area contributed by atoms with E-state index in [2.05, 4.69) is 26.1 Å². The van der Waals surface area contributed by atoms with Gasteiger partial charge in [0.15, 0.2) is 12.4 Å². The number of para-hydroxylation sites is 1. The first-order valence-electron chi connectivity index (χ1n) is 5.67. The van der Waals surface area contributed by atoms with E-state index in [-0.39, 0.29) is 12.0 Å². The molecule has 2 rings (SSSR count). The second-order valence-electron chi connectivity index (χ2n) is 4.98. The van der Waals surface area contributed by atoms with Crippen LogP contribution in [0.25, 0.3) is 0 Å². The van der Waals surface area contributed by atoms with E-state index in [1.807, 2.05) is 45.0 Å². The van der Waals surface area contributed by atoms with E-state index < -0.39 is 0 Å². The van der Waals surface area contributed by atoms with Crippen LogP contribution in [0.4, 0.5) is 0 Å². The molecule has 0 N–H and O–H groups in total. The zero-order valence-electron chi connectivity index (χ0n) is 10.6. The van der Waals surface area contributed by atoms with Gasteiger partial charge in [-0.3, -0.25) is 0 Å². The van der Waals surface area contributed by atoms with Gasteiger partial charge in [-0.15, -0.1) is 0 Å². The van der Waals surface area contributed by atoms with Gasteiger partial charge in [0.25, 0.3) is 5.89 Å². The topological polar surface area (TPSA) is 48.2 Å². The SMILES string of the molecule is CC(C)(C)c1noc(COc2ccccc2Br)n1. The van der Waals surface area contributed by atoms with Crippen molar-refractivity contribution < 1.29 is 9.26 Å². The van der Waals surface area contributed by atoms with Crippen molar-refractivity contribution in [3.63, 3.8) is 0 Å². The minimum absolute atomic E-state index is 0.116. The van der Waals surface area contributed by atoms with Gasteiger partial charge in [-0.25, -0.2) is 0 Å². The number of halogens is 1. The number of aromatic nitrogens is 2. The lowest BCUT2D eigenvalue weighted by molar-refractivity contribution is 0.241. The molecule has 0 aliphatic heterocycles. The second-order valence-corrected chi connectivity index (χ2v) is 5.84. The first-order chi connectivity index (χ1) is 8.47. The van der Waals surface area contributed by atoms with E-state index in [0.717, 1.165) is 10.2 Å². The lowest BCUT2D eigenvalue weighted by atomic mass is 9.96. The van der Waals surface area contributed by atoms with Crippen LogP contribution in [0.5, 0.6) is 5.75 Å². The van der Waals surface area contributed by atoms with Gasteiger partial charge in [-0.05, 0) is 28.1 Å². The molecule has 2 aromatic rings. The third-order valence-electron chi connectivity index (χ3n) is 2.33. The second kappa shape index (κ2) is 5.10. The molecule has 0 radical (unpaired) electrons. The Morgan fingerprint density at radius 3 is 2.61 bits per heavy atom. The first kappa shape index (κ1) is 13.1. The molecule has 0 fully saturated rings. The minimum Gasteiger partial charge on any atom is -0.483 e. The average Bonchev–Trinajstić information content (AvgIpc) is 2.76. The predicted molar refractivity (Wildman–Crippen MR) is 71.5 cm³/mol. The summed E-state index contributed by atoms with van der Waals surface area (Å²) in [5, 5.41) is 3.94. The Kier molecular flexibility index (Phi) is 3.71. The Morgan fingerprint density at radius 2 is 2.00 bits per heavy atom. The summed E-state index contributed by atoms with van der Waals surface area (Å²) < 4.78 is 11.7. The minimum atomic E-state index is -0.116. The van der Waals surface area contributed by atoms with Crippen LogP contribution in [-0.2, 0) is 12.0 Å². The normalized spacial score (nSPS) is 11.6. The fourth-order valence-electron chi connectivity index (χ4n) is 1.32. The number of hydrogen-bond acceptors (Lipinski definition) is 4. The summed E-state index contributed by atoms with van der Waals surface area (Å²) in [7, 11) is 0. The molecule has 5 heteroatoms. The van der Waals surface area contributed by atoms with Crippen molar-refractivity contribution in [1.29, 1.82) is 0 Å². The molecule has 0 amide bonds. The van der Waals surface area contributed by atoms with Gasteiger partial charge in [0, 0.05) is 5.41 Å². The summed E-state index contributed by atoms with van der Waals surface area (Å²) in [4.78, 5) is 4.31. The van der Waals surface area contributed by atoms with Gasteiger partial charge in [-0.2, -0.15) is 4.98 Å². The summed E-state index contributed by atoms with van der Waals surface area (Å²) in [6.07, 6.45) is 0. The summed E-state index contributed by atoms with van der Waals surface area (Å²) in [6.45, 7) is 6.38. The van der Waals surface area contributed by atoms with Crippen molar-refractivity contribution in [1.82, 2.24) is 10.1 Å². The summed E-state index contributed by atoms with van der Waals surface area (Å²) in [5.41, 5.74) is -0.116. The Hall–Kier alpha value is -1.36. The fourth-order valence-corrected chi connectivity index (χ4v) is 1.72. The van der Waals surface area contributed by atoms with Crippen LogP contribution in [0.3, 0.4) is 0 Å². The molecule has 0 bridgehead atoms. The summed E-state index contributed by atoms with van der Waals surface area (Å²) >= 11 is 3.42. The highest BCUT2D eigenvalue weighted by atomic mass is 79.9. The molecule has 1 heterocycles. The van der Waals surface area contributed by atoms with E-state index >= 15 is 0 Å². The smallest absolute Gasteiger partial charge is 0.264 e. The van der Waals surface area contributed by atoms with Crippen LogP contribution in [0.1, 0.15) is 32.5 Å². The van der Waals surface area contributed by atoms with Crippen molar-refractivity contribution in [3.05, 3.63) is 40.5 Å². The molecular weight excluding hydrogens is 296 g/mol. The zero-order valence-corrected chi connectivity index (χ0v) is 12.2. The molecule has 4 nitrogen and oxygen atoms in total. The van der Waals surface area contributed by atoms with Crippen molar-refractivity contribution in [2.75, 3.05) is 0 Å². The number of nitrogens with zero attached hydrogens (tertiary/aromatic N) is 2. The first-order valence-corrected chi connectivity index (χ1v) is 6.46. The fraction of sp³-hybridized carbons (Fsp3) is 0.385. The van der Waals surface area contributed by atoms with Gasteiger partial charge in [0.2, 0.25) is 0 Å². The van der Waals surface area contributed by atoms with E-state index in [1.165, 1.54) is 0 Å². The van der Waals surface area contributed by atoms with Gasteiger partial charge >= 0.3 is 0 Å². The summed E-state index contributed by atoms with van der Waals surface area (Å²) in [6, 6.07) is 7.64. The molecule has 0 atom stereocenters. The third-order valence-corrected chi connectivity index (χ3v) is 2.98. The van der Waals surface area contributed by atoms with E-state index in [4.69, 9.17) is 9.26 Å². The maximum Gasteiger partial charge on any atom is 0.264 e. The van der Waals surface area contributed by atoms with Crippen LogP contribution in [0.15, 0.2) is 33.3 Å². The predicted octanol–water partition coefficient (Wildman–Crippen LogP) is 3.71. The van der Waals surface area contributed by atoms with Gasteiger partial charge in [0.05, 0.1) is 4.47 Å². The van der Waals surface area contributed by atoms with E-state index in [1.54, 1.807) is 0 Å². The van der Waals surface area contributed by atoms with Gasteiger partial charge in [0.1, 0.15) is 5.75 Å². The van der Waals surface area contributed by atoms with Crippen molar-refractivity contribution in [2.24, 2.45) is 0 Å². The molecule has 0 saturated carbocycles. The Labute approximate surface area is 114 Å².